The first-order valence-corrected chi connectivity index (χ1v) is 6.23. The van der Waals surface area contributed by atoms with Gasteiger partial charge in [0.2, 0.25) is 0 Å². The molecular formula is C13H16N4O2. The van der Waals surface area contributed by atoms with E-state index < -0.39 is 0 Å². The minimum absolute atomic E-state index is 0.172. The Balaban J connectivity index is 2.02. The van der Waals surface area contributed by atoms with Gasteiger partial charge in [0.15, 0.2) is 11.5 Å². The molecule has 3 rings (SSSR count). The van der Waals surface area contributed by atoms with Gasteiger partial charge in [-0.05, 0) is 19.0 Å². The molecule has 0 unspecified atom stereocenters. The average Bonchev–Trinajstić information content (AvgIpc) is 2.91. The van der Waals surface area contributed by atoms with Crippen LogP contribution in [0, 0.1) is 0 Å². The number of nitrogens with one attached hydrogen (secondary N) is 1. The Hall–Kier alpha value is -2.08. The summed E-state index contributed by atoms with van der Waals surface area (Å²) in [6, 6.07) is 3.67. The summed E-state index contributed by atoms with van der Waals surface area (Å²) in [4.78, 5) is 8.19. The molecule has 6 heteroatoms. The van der Waals surface area contributed by atoms with E-state index >= 15 is 0 Å². The van der Waals surface area contributed by atoms with Crippen molar-refractivity contribution in [2.24, 2.45) is 0 Å². The molecule has 1 aromatic carbocycles. The maximum atomic E-state index is 5.96. The van der Waals surface area contributed by atoms with E-state index in [1.165, 1.54) is 6.33 Å². The zero-order chi connectivity index (χ0) is 13.2. The molecule has 1 aliphatic heterocycles. The largest absolute Gasteiger partial charge is 0.493 e. The molecule has 0 spiro atoms. The summed E-state index contributed by atoms with van der Waals surface area (Å²) < 4.78 is 11.3. The third-order valence-corrected chi connectivity index (χ3v) is 3.26. The van der Waals surface area contributed by atoms with E-state index in [1.54, 1.807) is 7.11 Å². The maximum Gasteiger partial charge on any atom is 0.163 e. The Morgan fingerprint density at radius 1 is 1.32 bits per heavy atom. The number of ether oxygens (including phenoxy) is 2. The van der Waals surface area contributed by atoms with E-state index in [2.05, 4.69) is 15.3 Å². The second-order valence-electron chi connectivity index (χ2n) is 4.51. The lowest BCUT2D eigenvalue weighted by molar-refractivity contribution is 0.213. The SMILES string of the molecule is COc1cc2c(N)ncnc2cc1O[C@@H]1CCNC1. The molecule has 1 saturated heterocycles. The number of nitrogens with zero attached hydrogens (tertiary/aromatic N) is 2. The minimum Gasteiger partial charge on any atom is -0.493 e. The van der Waals surface area contributed by atoms with Crippen LogP contribution in [0.3, 0.4) is 0 Å². The van der Waals surface area contributed by atoms with Crippen LogP contribution in [0.5, 0.6) is 11.5 Å². The number of nitrogens with two attached hydrogens (primary N) is 1. The van der Waals surface area contributed by atoms with Gasteiger partial charge >= 0.3 is 0 Å². The molecular weight excluding hydrogens is 244 g/mol. The highest BCUT2D eigenvalue weighted by molar-refractivity contribution is 5.90. The smallest absolute Gasteiger partial charge is 0.163 e. The van der Waals surface area contributed by atoms with Crippen molar-refractivity contribution in [3.63, 3.8) is 0 Å². The van der Waals surface area contributed by atoms with E-state index in [0.29, 0.717) is 17.3 Å². The summed E-state index contributed by atoms with van der Waals surface area (Å²) in [5.41, 5.74) is 6.59. The van der Waals surface area contributed by atoms with Crippen LogP contribution < -0.4 is 20.5 Å². The fraction of sp³-hybridized carbons (Fsp3) is 0.385. The lowest BCUT2D eigenvalue weighted by atomic mass is 10.2. The molecule has 1 atom stereocenters. The Labute approximate surface area is 110 Å². The van der Waals surface area contributed by atoms with Crippen molar-refractivity contribution < 1.29 is 9.47 Å². The summed E-state index contributed by atoms with van der Waals surface area (Å²) >= 11 is 0. The van der Waals surface area contributed by atoms with Crippen molar-refractivity contribution in [1.29, 1.82) is 0 Å². The van der Waals surface area contributed by atoms with Crippen LogP contribution in [0.15, 0.2) is 18.5 Å². The minimum atomic E-state index is 0.172. The standard InChI is InChI=1S/C13H16N4O2/c1-18-11-4-9-10(16-7-17-13(9)14)5-12(11)19-8-2-3-15-6-8/h4-5,7-8,15H,2-3,6H2,1H3,(H2,14,16,17)/t8-/m1/s1. The predicted octanol–water partition coefficient (Wildman–Crippen LogP) is 0.961. The molecule has 2 aromatic rings. The van der Waals surface area contributed by atoms with E-state index in [4.69, 9.17) is 15.2 Å². The first-order chi connectivity index (χ1) is 9.28. The van der Waals surface area contributed by atoms with Gasteiger partial charge in [0.05, 0.1) is 12.6 Å². The van der Waals surface area contributed by atoms with Crippen molar-refractivity contribution in [2.75, 3.05) is 25.9 Å². The van der Waals surface area contributed by atoms with Crippen molar-refractivity contribution in [3.05, 3.63) is 18.5 Å². The number of hydrogen-bond acceptors (Lipinski definition) is 6. The summed E-state index contributed by atoms with van der Waals surface area (Å²) in [5, 5.41) is 4.04. The first-order valence-electron chi connectivity index (χ1n) is 6.23. The van der Waals surface area contributed by atoms with Gasteiger partial charge < -0.3 is 20.5 Å². The van der Waals surface area contributed by atoms with E-state index in [1.807, 2.05) is 12.1 Å². The quantitative estimate of drug-likeness (QED) is 0.855. The molecule has 0 aliphatic carbocycles. The number of methoxy groups -OCH3 is 1. The molecule has 19 heavy (non-hydrogen) atoms. The summed E-state index contributed by atoms with van der Waals surface area (Å²) in [6.45, 7) is 1.84. The topological polar surface area (TPSA) is 82.3 Å². The van der Waals surface area contributed by atoms with Crippen molar-refractivity contribution in [2.45, 2.75) is 12.5 Å². The van der Waals surface area contributed by atoms with Crippen molar-refractivity contribution >= 4 is 16.7 Å². The number of benzene rings is 1. The van der Waals surface area contributed by atoms with Gasteiger partial charge in [0, 0.05) is 18.0 Å². The highest BCUT2D eigenvalue weighted by atomic mass is 16.5. The van der Waals surface area contributed by atoms with Crippen LogP contribution in [-0.4, -0.2) is 36.3 Å². The number of nitrogen functional groups attached to an aromatic ring is 1. The molecule has 0 saturated carbocycles. The Bertz CT molecular complexity index is 596. The zero-order valence-corrected chi connectivity index (χ0v) is 10.7. The van der Waals surface area contributed by atoms with E-state index in [9.17, 15) is 0 Å². The number of fused-ring (bicyclic) bond motifs is 1. The Morgan fingerprint density at radius 3 is 2.95 bits per heavy atom. The number of aromatic nitrogens is 2. The molecule has 6 nitrogen and oxygen atoms in total. The lowest BCUT2D eigenvalue weighted by Gasteiger charge is -2.16. The Morgan fingerprint density at radius 2 is 2.21 bits per heavy atom. The second kappa shape index (κ2) is 4.89. The molecule has 0 bridgehead atoms. The normalized spacial score (nSPS) is 18.7. The average molecular weight is 260 g/mol. The summed E-state index contributed by atoms with van der Waals surface area (Å²) in [6.07, 6.45) is 2.61. The summed E-state index contributed by atoms with van der Waals surface area (Å²) in [5.74, 6) is 1.79. The summed E-state index contributed by atoms with van der Waals surface area (Å²) in [7, 11) is 1.61. The van der Waals surface area contributed by atoms with Gasteiger partial charge in [-0.2, -0.15) is 0 Å². The van der Waals surface area contributed by atoms with E-state index in [0.717, 1.165) is 30.4 Å². The molecule has 1 aliphatic rings. The van der Waals surface area contributed by atoms with Crippen molar-refractivity contribution in [1.82, 2.24) is 15.3 Å². The molecule has 0 amide bonds. The van der Waals surface area contributed by atoms with Gasteiger partial charge in [0.1, 0.15) is 18.2 Å². The van der Waals surface area contributed by atoms with Gasteiger partial charge in [-0.1, -0.05) is 0 Å². The van der Waals surface area contributed by atoms with E-state index in [-0.39, 0.29) is 6.10 Å². The monoisotopic (exact) mass is 260 g/mol. The number of rotatable bonds is 3. The third-order valence-electron chi connectivity index (χ3n) is 3.26. The lowest BCUT2D eigenvalue weighted by Crippen LogP contribution is -2.19. The van der Waals surface area contributed by atoms with Gasteiger partial charge in [-0.15, -0.1) is 0 Å². The van der Waals surface area contributed by atoms with Crippen LogP contribution in [0.25, 0.3) is 10.9 Å². The van der Waals surface area contributed by atoms with Crippen LogP contribution in [-0.2, 0) is 0 Å². The van der Waals surface area contributed by atoms with Crippen LogP contribution in [0.4, 0.5) is 5.82 Å². The molecule has 3 N–H and O–H groups in total. The molecule has 2 heterocycles. The zero-order valence-electron chi connectivity index (χ0n) is 10.7. The molecule has 1 fully saturated rings. The molecule has 100 valence electrons. The molecule has 1 aromatic heterocycles. The fourth-order valence-corrected chi connectivity index (χ4v) is 2.24. The van der Waals surface area contributed by atoms with Crippen molar-refractivity contribution in [3.8, 4) is 11.5 Å². The fourth-order valence-electron chi connectivity index (χ4n) is 2.24. The van der Waals surface area contributed by atoms with Gasteiger partial charge in [-0.3, -0.25) is 0 Å². The maximum absolute atomic E-state index is 5.96. The predicted molar refractivity (Wildman–Crippen MR) is 72.4 cm³/mol. The first kappa shape index (κ1) is 12.0. The van der Waals surface area contributed by atoms with Crippen LogP contribution >= 0.6 is 0 Å². The number of anilines is 1. The van der Waals surface area contributed by atoms with Gasteiger partial charge in [-0.25, -0.2) is 9.97 Å². The van der Waals surface area contributed by atoms with Crippen LogP contribution in [0.2, 0.25) is 0 Å². The third kappa shape index (κ3) is 2.26. The second-order valence-corrected chi connectivity index (χ2v) is 4.51. The van der Waals surface area contributed by atoms with Crippen LogP contribution in [0.1, 0.15) is 6.42 Å². The highest BCUT2D eigenvalue weighted by Crippen LogP contribution is 2.34. The Kier molecular flexibility index (Phi) is 3.08. The molecule has 0 radical (unpaired) electrons. The number of hydrogen-bond donors (Lipinski definition) is 2. The van der Waals surface area contributed by atoms with Gasteiger partial charge in [0.25, 0.3) is 0 Å². The highest BCUT2D eigenvalue weighted by Gasteiger charge is 2.19.